The summed E-state index contributed by atoms with van der Waals surface area (Å²) >= 11 is 0. The first kappa shape index (κ1) is 17.8. The number of hydrogen-bond acceptors (Lipinski definition) is 6. The molecule has 0 aliphatic carbocycles. The van der Waals surface area contributed by atoms with Crippen LogP contribution >= 0.6 is 0 Å². The number of rotatable bonds is 5. The van der Waals surface area contributed by atoms with Gasteiger partial charge >= 0.3 is 0 Å². The highest BCUT2D eigenvalue weighted by atomic mass is 15.3. The normalized spacial score (nSPS) is 16.8. The van der Waals surface area contributed by atoms with Crippen LogP contribution in [0.3, 0.4) is 0 Å². The molecule has 2 unspecified atom stereocenters. The summed E-state index contributed by atoms with van der Waals surface area (Å²) in [5.74, 6) is 3.61. The summed E-state index contributed by atoms with van der Waals surface area (Å²) in [6.45, 7) is 2.27. The van der Waals surface area contributed by atoms with Crippen LogP contribution in [0.2, 0.25) is 5.82 Å². The summed E-state index contributed by atoms with van der Waals surface area (Å²) in [6, 6.07) is 8.09. The maximum absolute atomic E-state index is 4.70. The number of anilines is 2. The van der Waals surface area contributed by atoms with Gasteiger partial charge in [-0.3, -0.25) is 9.08 Å². The SMILES string of the molecule is BC(C)CC1CCc2cc(-c3ccnc(Nc4ccnn4C)n3)cc3nnc1n23. The molecule has 1 N–H and O–H groups in total. The average Bonchev–Trinajstić information content (AvgIpc) is 3.31. The molecule has 0 saturated carbocycles. The number of pyridine rings is 1. The molecule has 0 bridgehead atoms. The third-order valence-corrected chi connectivity index (χ3v) is 5.49. The summed E-state index contributed by atoms with van der Waals surface area (Å²) in [7, 11) is 4.14. The molecule has 0 amide bonds. The van der Waals surface area contributed by atoms with E-state index in [0.29, 0.717) is 17.7 Å². The van der Waals surface area contributed by atoms with Gasteiger partial charge in [-0.05, 0) is 37.5 Å². The predicted molar refractivity (Wildman–Crippen MR) is 114 cm³/mol. The van der Waals surface area contributed by atoms with Gasteiger partial charge in [-0.25, -0.2) is 9.97 Å². The Morgan fingerprint density at radius 3 is 2.93 bits per heavy atom. The van der Waals surface area contributed by atoms with Crippen molar-refractivity contribution < 1.29 is 0 Å². The van der Waals surface area contributed by atoms with Crippen molar-refractivity contribution in [2.24, 2.45) is 7.05 Å². The molecule has 4 aromatic rings. The number of aromatic nitrogens is 7. The van der Waals surface area contributed by atoms with Crippen LogP contribution in [-0.4, -0.2) is 42.2 Å². The summed E-state index contributed by atoms with van der Waals surface area (Å²) in [4.78, 5) is 9.04. The van der Waals surface area contributed by atoms with E-state index in [9.17, 15) is 0 Å². The van der Waals surface area contributed by atoms with Crippen LogP contribution in [0.25, 0.3) is 16.9 Å². The lowest BCUT2D eigenvalue weighted by Gasteiger charge is -2.24. The fourth-order valence-electron chi connectivity index (χ4n) is 4.15. The Hall–Kier alpha value is -3.23. The zero-order valence-electron chi connectivity index (χ0n) is 16.9. The molecule has 5 rings (SSSR count). The number of aryl methyl sites for hydroxylation is 2. The smallest absolute Gasteiger partial charge is 0.228 e. The lowest BCUT2D eigenvalue weighted by Crippen LogP contribution is -2.16. The first-order valence-corrected chi connectivity index (χ1v) is 10.0. The van der Waals surface area contributed by atoms with Gasteiger partial charge in [0.25, 0.3) is 0 Å². The number of nitrogens with one attached hydrogen (secondary N) is 1. The van der Waals surface area contributed by atoms with Gasteiger partial charge in [0, 0.05) is 36.5 Å². The largest absolute Gasteiger partial charge is 0.309 e. The molecule has 5 heterocycles. The van der Waals surface area contributed by atoms with Crippen LogP contribution in [0.15, 0.2) is 36.7 Å². The van der Waals surface area contributed by atoms with E-state index < -0.39 is 0 Å². The van der Waals surface area contributed by atoms with Crippen molar-refractivity contribution >= 4 is 25.3 Å². The van der Waals surface area contributed by atoms with E-state index in [4.69, 9.17) is 4.98 Å². The van der Waals surface area contributed by atoms with Gasteiger partial charge in [-0.15, -0.1) is 10.2 Å². The molecule has 29 heavy (non-hydrogen) atoms. The van der Waals surface area contributed by atoms with E-state index in [1.54, 1.807) is 17.1 Å². The highest BCUT2D eigenvalue weighted by Crippen LogP contribution is 2.35. The van der Waals surface area contributed by atoms with E-state index in [2.05, 4.69) is 56.9 Å². The highest BCUT2D eigenvalue weighted by molar-refractivity contribution is 6.11. The van der Waals surface area contributed by atoms with Crippen molar-refractivity contribution in [3.05, 3.63) is 48.2 Å². The molecule has 2 atom stereocenters. The Labute approximate surface area is 169 Å². The second-order valence-electron chi connectivity index (χ2n) is 8.08. The van der Waals surface area contributed by atoms with Crippen molar-refractivity contribution in [3.63, 3.8) is 0 Å². The van der Waals surface area contributed by atoms with Gasteiger partial charge in [0.1, 0.15) is 19.5 Å². The fourth-order valence-corrected chi connectivity index (χ4v) is 4.15. The molecule has 9 heteroatoms. The van der Waals surface area contributed by atoms with Crippen LogP contribution in [0.5, 0.6) is 0 Å². The standard InChI is InChI=1S/C20H23BN8/c1-12(21)9-13-3-4-15-10-14(11-18-26-27-19(13)29(15)18)16-5-7-22-20(24-16)25-17-6-8-23-28(17)2/h5-8,10-13H,3-4,9,21H2,1-2H3,(H,22,24,25). The second kappa shape index (κ2) is 6.99. The van der Waals surface area contributed by atoms with Gasteiger partial charge in [0.05, 0.1) is 11.9 Å². The van der Waals surface area contributed by atoms with Crippen LogP contribution < -0.4 is 5.32 Å². The lowest BCUT2D eigenvalue weighted by atomic mass is 9.79. The van der Waals surface area contributed by atoms with Gasteiger partial charge in [-0.2, -0.15) is 5.10 Å². The zero-order valence-corrected chi connectivity index (χ0v) is 16.9. The van der Waals surface area contributed by atoms with E-state index in [-0.39, 0.29) is 0 Å². The summed E-state index contributed by atoms with van der Waals surface area (Å²) in [5.41, 5.74) is 4.03. The third-order valence-electron chi connectivity index (χ3n) is 5.49. The van der Waals surface area contributed by atoms with Crippen molar-refractivity contribution in [2.45, 2.75) is 37.9 Å². The summed E-state index contributed by atoms with van der Waals surface area (Å²) in [5, 5.41) is 16.4. The van der Waals surface area contributed by atoms with E-state index >= 15 is 0 Å². The molecule has 0 radical (unpaired) electrons. The molecular formula is C20H23BN8. The molecule has 146 valence electrons. The highest BCUT2D eigenvalue weighted by Gasteiger charge is 2.26. The molecule has 0 saturated heterocycles. The van der Waals surface area contributed by atoms with Crippen LogP contribution in [0.4, 0.5) is 11.8 Å². The van der Waals surface area contributed by atoms with Crippen molar-refractivity contribution in [2.75, 3.05) is 5.32 Å². The van der Waals surface area contributed by atoms with Crippen LogP contribution in [0, 0.1) is 0 Å². The Balaban J connectivity index is 1.51. The Bertz CT molecular complexity index is 1180. The minimum absolute atomic E-state index is 0.483. The Kier molecular flexibility index (Phi) is 4.30. The Morgan fingerprint density at radius 2 is 2.14 bits per heavy atom. The second-order valence-corrected chi connectivity index (χ2v) is 8.08. The maximum atomic E-state index is 4.70. The number of nitrogens with zero attached hydrogens (tertiary/aromatic N) is 7. The van der Waals surface area contributed by atoms with Crippen LogP contribution in [-0.2, 0) is 13.5 Å². The first-order chi connectivity index (χ1) is 14.1. The van der Waals surface area contributed by atoms with Gasteiger partial charge in [-0.1, -0.05) is 12.7 Å². The third kappa shape index (κ3) is 3.26. The predicted octanol–water partition coefficient (Wildman–Crippen LogP) is 2.52. The maximum Gasteiger partial charge on any atom is 0.228 e. The minimum atomic E-state index is 0.483. The number of hydrogen-bond donors (Lipinski definition) is 1. The molecule has 1 aliphatic heterocycles. The van der Waals surface area contributed by atoms with Gasteiger partial charge in [0.2, 0.25) is 5.95 Å². The molecule has 0 spiro atoms. The van der Waals surface area contributed by atoms with Crippen molar-refractivity contribution in [3.8, 4) is 11.3 Å². The van der Waals surface area contributed by atoms with E-state index in [1.165, 1.54) is 5.69 Å². The van der Waals surface area contributed by atoms with Crippen molar-refractivity contribution in [1.29, 1.82) is 0 Å². The first-order valence-electron chi connectivity index (χ1n) is 10.0. The topological polar surface area (TPSA) is 85.8 Å². The van der Waals surface area contributed by atoms with E-state index in [1.807, 2.05) is 19.2 Å². The lowest BCUT2D eigenvalue weighted by molar-refractivity contribution is 0.503. The zero-order chi connectivity index (χ0) is 20.0. The quantitative estimate of drug-likeness (QED) is 0.531. The van der Waals surface area contributed by atoms with Gasteiger partial charge < -0.3 is 5.32 Å². The molecule has 0 aromatic carbocycles. The molecule has 0 fully saturated rings. The van der Waals surface area contributed by atoms with E-state index in [0.717, 1.165) is 47.8 Å². The molecule has 4 aromatic heterocycles. The van der Waals surface area contributed by atoms with Crippen LogP contribution in [0.1, 0.15) is 37.2 Å². The summed E-state index contributed by atoms with van der Waals surface area (Å²) < 4.78 is 3.98. The minimum Gasteiger partial charge on any atom is -0.309 e. The summed E-state index contributed by atoms with van der Waals surface area (Å²) in [6.07, 6.45) is 6.80. The molecule has 8 nitrogen and oxygen atoms in total. The van der Waals surface area contributed by atoms with Crippen molar-refractivity contribution in [1.82, 2.24) is 34.3 Å². The average molecular weight is 386 g/mol. The van der Waals surface area contributed by atoms with Gasteiger partial charge in [0.15, 0.2) is 5.65 Å². The molecule has 1 aliphatic rings. The molecular weight excluding hydrogens is 363 g/mol. The fraction of sp³-hybridized carbons (Fsp3) is 0.350. The monoisotopic (exact) mass is 386 g/mol. The Morgan fingerprint density at radius 1 is 1.24 bits per heavy atom.